The van der Waals surface area contributed by atoms with Crippen LogP contribution < -0.4 is 34.5 Å². The minimum atomic E-state index is -4.68. The van der Waals surface area contributed by atoms with E-state index in [1.165, 1.54) is 77.0 Å². The van der Waals surface area contributed by atoms with Gasteiger partial charge in [0.25, 0.3) is 7.82 Å². The molecule has 1 rings (SSSR count). The number of ether oxygens (including phenoxy) is 2. The largest absolute Gasteiger partial charge is 1.00 e. The number of phosphoric acid groups is 1. The minimum Gasteiger partial charge on any atom is -0.756 e. The number of hydrogen-bond acceptors (Lipinski definition) is 5. The van der Waals surface area contributed by atoms with Gasteiger partial charge in [-0.1, -0.05) is 90.4 Å². The molecule has 1 fully saturated rings. The van der Waals surface area contributed by atoms with Crippen LogP contribution in [0.5, 0.6) is 0 Å². The summed E-state index contributed by atoms with van der Waals surface area (Å²) in [6.45, 7) is 2.84. The van der Waals surface area contributed by atoms with Crippen LogP contribution in [0.1, 0.15) is 96.8 Å². The summed E-state index contributed by atoms with van der Waals surface area (Å²) < 4.78 is 26.1. The average Bonchev–Trinajstić information content (AvgIpc) is 2.64. The molecule has 0 bridgehead atoms. The van der Waals surface area contributed by atoms with Crippen molar-refractivity contribution in [3.8, 4) is 0 Å². The average molecular weight is 430 g/mol. The summed E-state index contributed by atoms with van der Waals surface area (Å²) in [6, 6.07) is 0. The Bertz CT molecular complexity index is 385. The Labute approximate surface area is 194 Å². The monoisotopic (exact) mass is 430 g/mol. The van der Waals surface area contributed by atoms with Crippen LogP contribution >= 0.6 is 7.82 Å². The second-order valence-corrected chi connectivity index (χ2v) is 8.90. The number of hydrogen-bond donors (Lipinski definition) is 1. The molecule has 8 heteroatoms. The zero-order valence-electron chi connectivity index (χ0n) is 18.1. The Morgan fingerprint density at radius 3 is 1.71 bits per heavy atom. The zero-order chi connectivity index (χ0) is 19.8. The Balaban J connectivity index is 0.00000729. The SMILES string of the molecule is CCCCCCCCCCCCCCCC1COC(COP(=O)([O-])O)CO1.[Na+]. The molecule has 0 spiro atoms. The van der Waals surface area contributed by atoms with Gasteiger partial charge in [0.15, 0.2) is 0 Å². The molecule has 0 aliphatic carbocycles. The van der Waals surface area contributed by atoms with Gasteiger partial charge < -0.3 is 23.8 Å². The molecule has 0 aromatic rings. The first kappa shape index (κ1) is 29.0. The normalized spacial score (nSPS) is 21.8. The molecular weight excluding hydrogens is 390 g/mol. The topological polar surface area (TPSA) is 88.1 Å². The Morgan fingerprint density at radius 2 is 1.29 bits per heavy atom. The summed E-state index contributed by atoms with van der Waals surface area (Å²) in [6.07, 6.45) is 18.1. The van der Waals surface area contributed by atoms with Gasteiger partial charge in [-0.05, 0) is 6.42 Å². The Kier molecular flexibility index (Phi) is 19.5. The van der Waals surface area contributed by atoms with Crippen molar-refractivity contribution in [3.05, 3.63) is 0 Å². The maximum atomic E-state index is 10.6. The summed E-state index contributed by atoms with van der Waals surface area (Å²) in [5, 5.41) is 0. The first-order chi connectivity index (χ1) is 13.0. The fourth-order valence-corrected chi connectivity index (χ4v) is 3.77. The maximum absolute atomic E-state index is 10.6. The van der Waals surface area contributed by atoms with E-state index < -0.39 is 13.9 Å². The van der Waals surface area contributed by atoms with E-state index in [2.05, 4.69) is 11.4 Å². The standard InChI is InChI=1S/C20H41O6P.Na/c1-2-3-4-5-6-7-8-9-10-11-12-13-14-15-19-16-25-20(17-24-19)18-26-27(21,22)23;/h19-20H,2-18H2,1H3,(H2,21,22,23);/q;+1/p-1. The molecule has 0 radical (unpaired) electrons. The number of unbranched alkanes of at least 4 members (excludes halogenated alkanes) is 12. The fourth-order valence-electron chi connectivity index (χ4n) is 3.41. The molecular formula is C20H40NaO6P. The van der Waals surface area contributed by atoms with Crippen LogP contribution in [-0.2, 0) is 18.6 Å². The van der Waals surface area contributed by atoms with Gasteiger partial charge in [-0.25, -0.2) is 0 Å². The molecule has 3 unspecified atom stereocenters. The molecule has 0 aromatic heterocycles. The Morgan fingerprint density at radius 1 is 0.857 bits per heavy atom. The first-order valence-corrected chi connectivity index (χ1v) is 12.4. The molecule has 3 atom stereocenters. The van der Waals surface area contributed by atoms with E-state index in [1.807, 2.05) is 0 Å². The molecule has 0 amide bonds. The van der Waals surface area contributed by atoms with Crippen LogP contribution in [0.25, 0.3) is 0 Å². The van der Waals surface area contributed by atoms with Gasteiger partial charge >= 0.3 is 29.6 Å². The van der Waals surface area contributed by atoms with Crippen molar-refractivity contribution in [3.63, 3.8) is 0 Å². The molecule has 162 valence electrons. The molecule has 28 heavy (non-hydrogen) atoms. The van der Waals surface area contributed by atoms with Crippen molar-refractivity contribution in [2.45, 2.75) is 109 Å². The number of phosphoric ester groups is 1. The van der Waals surface area contributed by atoms with Gasteiger partial charge in [0, 0.05) is 0 Å². The van der Waals surface area contributed by atoms with Crippen molar-refractivity contribution >= 4 is 7.82 Å². The summed E-state index contributed by atoms with van der Waals surface area (Å²) in [4.78, 5) is 19.1. The van der Waals surface area contributed by atoms with E-state index in [0.717, 1.165) is 12.8 Å². The second-order valence-electron chi connectivity index (χ2n) is 7.71. The van der Waals surface area contributed by atoms with E-state index in [4.69, 9.17) is 14.4 Å². The zero-order valence-corrected chi connectivity index (χ0v) is 21.0. The van der Waals surface area contributed by atoms with Crippen molar-refractivity contribution in [1.82, 2.24) is 0 Å². The van der Waals surface area contributed by atoms with Crippen molar-refractivity contribution in [1.29, 1.82) is 0 Å². The minimum absolute atomic E-state index is 0. The van der Waals surface area contributed by atoms with E-state index >= 15 is 0 Å². The van der Waals surface area contributed by atoms with Crippen LogP contribution in [0.3, 0.4) is 0 Å². The molecule has 1 heterocycles. The van der Waals surface area contributed by atoms with Crippen LogP contribution in [-0.4, -0.2) is 36.9 Å². The van der Waals surface area contributed by atoms with Crippen molar-refractivity contribution in [2.75, 3.05) is 19.8 Å². The summed E-state index contributed by atoms with van der Waals surface area (Å²) in [7, 11) is -4.68. The van der Waals surface area contributed by atoms with Gasteiger partial charge in [0.1, 0.15) is 6.10 Å². The molecule has 1 aliphatic heterocycles. The van der Waals surface area contributed by atoms with Crippen LogP contribution in [0.4, 0.5) is 0 Å². The van der Waals surface area contributed by atoms with Gasteiger partial charge in [-0.15, -0.1) is 0 Å². The third-order valence-electron chi connectivity index (χ3n) is 5.09. The predicted molar refractivity (Wildman–Crippen MR) is 106 cm³/mol. The second kappa shape index (κ2) is 18.8. The summed E-state index contributed by atoms with van der Waals surface area (Å²) >= 11 is 0. The van der Waals surface area contributed by atoms with E-state index in [0.29, 0.717) is 13.2 Å². The fraction of sp³-hybridized carbons (Fsp3) is 1.00. The molecule has 1 N–H and O–H groups in total. The predicted octanol–water partition coefficient (Wildman–Crippen LogP) is 1.73. The quantitative estimate of drug-likeness (QED) is 0.215. The van der Waals surface area contributed by atoms with E-state index in [1.54, 1.807) is 0 Å². The van der Waals surface area contributed by atoms with E-state index in [9.17, 15) is 9.46 Å². The van der Waals surface area contributed by atoms with E-state index in [-0.39, 0.29) is 42.3 Å². The van der Waals surface area contributed by atoms with Crippen LogP contribution in [0.15, 0.2) is 0 Å². The van der Waals surface area contributed by atoms with Gasteiger partial charge in [-0.3, -0.25) is 4.57 Å². The molecule has 0 saturated carbocycles. The molecule has 6 nitrogen and oxygen atoms in total. The Hall–Kier alpha value is 1.03. The smallest absolute Gasteiger partial charge is 0.756 e. The van der Waals surface area contributed by atoms with Crippen molar-refractivity contribution < 1.29 is 57.9 Å². The number of rotatable bonds is 17. The van der Waals surface area contributed by atoms with Gasteiger partial charge in [-0.2, -0.15) is 0 Å². The third-order valence-corrected chi connectivity index (χ3v) is 5.56. The van der Waals surface area contributed by atoms with Gasteiger partial charge in [0.2, 0.25) is 0 Å². The maximum Gasteiger partial charge on any atom is 1.00 e. The molecule has 0 aromatic carbocycles. The molecule has 1 saturated heterocycles. The third kappa shape index (κ3) is 17.9. The van der Waals surface area contributed by atoms with Gasteiger partial charge in [0.05, 0.1) is 25.9 Å². The summed E-state index contributed by atoms with van der Waals surface area (Å²) in [5.41, 5.74) is 0. The van der Waals surface area contributed by atoms with Crippen molar-refractivity contribution in [2.24, 2.45) is 0 Å². The van der Waals surface area contributed by atoms with Crippen LogP contribution in [0.2, 0.25) is 0 Å². The first-order valence-electron chi connectivity index (χ1n) is 10.9. The molecule has 1 aliphatic rings. The van der Waals surface area contributed by atoms with Crippen LogP contribution in [0, 0.1) is 0 Å². The summed E-state index contributed by atoms with van der Waals surface area (Å²) in [5.74, 6) is 0.